The lowest BCUT2D eigenvalue weighted by Crippen LogP contribution is -2.57. The number of benzene rings is 1. The summed E-state index contributed by atoms with van der Waals surface area (Å²) in [6.07, 6.45) is -4.00. The van der Waals surface area contributed by atoms with Gasteiger partial charge in [-0.1, -0.05) is 36.8 Å². The Morgan fingerprint density at radius 2 is 2.08 bits per heavy atom. The van der Waals surface area contributed by atoms with Crippen molar-refractivity contribution in [2.75, 3.05) is 6.54 Å². The Hall–Kier alpha value is -2.25. The molecule has 0 unspecified atom stereocenters. The van der Waals surface area contributed by atoms with Crippen molar-refractivity contribution < 1.29 is 22.8 Å². The van der Waals surface area contributed by atoms with Crippen LogP contribution in [0.15, 0.2) is 24.3 Å². The Labute approximate surface area is 138 Å². The van der Waals surface area contributed by atoms with Gasteiger partial charge in [0, 0.05) is 6.54 Å². The maximum Gasteiger partial charge on any atom is 0.412 e. The number of aryl methyl sites for hydroxylation is 1. The molecule has 0 spiro atoms. The van der Waals surface area contributed by atoms with E-state index in [-0.39, 0.29) is 17.4 Å². The minimum atomic E-state index is -4.65. The number of hydrogen-bond donors (Lipinski definition) is 3. The zero-order valence-electron chi connectivity index (χ0n) is 13.4. The van der Waals surface area contributed by atoms with Crippen molar-refractivity contribution >= 4 is 11.9 Å². The highest BCUT2D eigenvalue weighted by Crippen LogP contribution is 2.33. The molecule has 0 aromatic heterocycles. The van der Waals surface area contributed by atoms with Gasteiger partial charge in [0.15, 0.2) is 6.04 Å². The molecule has 0 radical (unpaired) electrons. The van der Waals surface area contributed by atoms with E-state index in [1.54, 1.807) is 19.9 Å². The Bertz CT molecular complexity index is 619. The lowest BCUT2D eigenvalue weighted by Gasteiger charge is -2.30. The molecule has 0 saturated carbocycles. The predicted octanol–water partition coefficient (Wildman–Crippen LogP) is 2.42. The van der Waals surface area contributed by atoms with E-state index in [1.807, 2.05) is 5.32 Å². The van der Waals surface area contributed by atoms with Gasteiger partial charge in [-0.2, -0.15) is 13.2 Å². The van der Waals surface area contributed by atoms with Crippen LogP contribution >= 0.6 is 0 Å². The van der Waals surface area contributed by atoms with Gasteiger partial charge < -0.3 is 16.0 Å². The Morgan fingerprint density at radius 3 is 2.67 bits per heavy atom. The van der Waals surface area contributed by atoms with Crippen LogP contribution in [0.2, 0.25) is 0 Å². The minimum absolute atomic E-state index is 0.0567. The maximum atomic E-state index is 13.3. The number of urea groups is 1. The fourth-order valence-corrected chi connectivity index (χ4v) is 2.68. The van der Waals surface area contributed by atoms with Gasteiger partial charge in [0.05, 0.1) is 0 Å². The molecule has 2 rings (SSSR count). The molecule has 1 heterocycles. The fourth-order valence-electron chi connectivity index (χ4n) is 2.68. The molecule has 0 aliphatic carbocycles. The largest absolute Gasteiger partial charge is 0.412 e. The molecule has 3 atom stereocenters. The van der Waals surface area contributed by atoms with Crippen molar-refractivity contribution in [3.63, 3.8) is 0 Å². The number of carbonyl (C=O) groups excluding carboxylic acids is 2. The van der Waals surface area contributed by atoms with Gasteiger partial charge in [0.1, 0.15) is 6.04 Å². The molecule has 1 aromatic carbocycles. The average molecular weight is 343 g/mol. The third-order valence-corrected chi connectivity index (χ3v) is 4.02. The van der Waals surface area contributed by atoms with Crippen LogP contribution in [0.1, 0.15) is 30.5 Å². The molecular weight excluding hydrogens is 323 g/mol. The van der Waals surface area contributed by atoms with Crippen LogP contribution in [-0.2, 0) is 4.79 Å². The number of piperidine rings is 1. The first-order valence-electron chi connectivity index (χ1n) is 7.66. The van der Waals surface area contributed by atoms with Crippen molar-refractivity contribution in [3.8, 4) is 0 Å². The summed E-state index contributed by atoms with van der Waals surface area (Å²) < 4.78 is 39.9. The monoisotopic (exact) mass is 343 g/mol. The van der Waals surface area contributed by atoms with E-state index in [0.717, 1.165) is 0 Å². The van der Waals surface area contributed by atoms with Crippen molar-refractivity contribution in [1.29, 1.82) is 0 Å². The molecule has 3 N–H and O–H groups in total. The SMILES string of the molecule is Cc1cccc([C@H](NC(=O)N[C@@H]2C(=O)NCC[C@H]2C)C(F)(F)F)c1. The van der Waals surface area contributed by atoms with Crippen LogP contribution in [-0.4, -0.2) is 30.7 Å². The Kier molecular flexibility index (Phi) is 5.36. The van der Waals surface area contributed by atoms with E-state index < -0.39 is 24.3 Å². The van der Waals surface area contributed by atoms with Crippen LogP contribution in [0.3, 0.4) is 0 Å². The second-order valence-electron chi connectivity index (χ2n) is 6.04. The number of rotatable bonds is 3. The zero-order valence-corrected chi connectivity index (χ0v) is 13.4. The average Bonchev–Trinajstić information content (AvgIpc) is 2.47. The van der Waals surface area contributed by atoms with Gasteiger partial charge in [0.2, 0.25) is 5.91 Å². The van der Waals surface area contributed by atoms with Crippen LogP contribution in [0.4, 0.5) is 18.0 Å². The van der Waals surface area contributed by atoms with Crippen LogP contribution in [0.5, 0.6) is 0 Å². The highest BCUT2D eigenvalue weighted by Gasteiger charge is 2.42. The lowest BCUT2D eigenvalue weighted by atomic mass is 9.94. The second kappa shape index (κ2) is 7.11. The Balaban J connectivity index is 2.12. The molecule has 1 aliphatic rings. The van der Waals surface area contributed by atoms with Gasteiger partial charge in [-0.25, -0.2) is 4.79 Å². The van der Waals surface area contributed by atoms with Crippen molar-refractivity contribution in [1.82, 2.24) is 16.0 Å². The van der Waals surface area contributed by atoms with Gasteiger partial charge in [-0.05, 0) is 24.8 Å². The smallest absolute Gasteiger partial charge is 0.354 e. The molecule has 132 valence electrons. The predicted molar refractivity (Wildman–Crippen MR) is 82.2 cm³/mol. The molecule has 8 heteroatoms. The summed E-state index contributed by atoms with van der Waals surface area (Å²) in [5.74, 6) is -0.532. The molecule has 0 bridgehead atoms. The topological polar surface area (TPSA) is 70.2 Å². The number of nitrogens with one attached hydrogen (secondary N) is 3. The lowest BCUT2D eigenvalue weighted by molar-refractivity contribution is -0.155. The van der Waals surface area contributed by atoms with Crippen LogP contribution in [0.25, 0.3) is 0 Å². The van der Waals surface area contributed by atoms with E-state index in [2.05, 4.69) is 10.6 Å². The van der Waals surface area contributed by atoms with E-state index in [0.29, 0.717) is 18.5 Å². The third-order valence-electron chi connectivity index (χ3n) is 4.02. The number of carbonyl (C=O) groups is 2. The summed E-state index contributed by atoms with van der Waals surface area (Å²) >= 11 is 0. The first kappa shape index (κ1) is 18.1. The zero-order chi connectivity index (χ0) is 17.9. The van der Waals surface area contributed by atoms with Crippen LogP contribution in [0, 0.1) is 12.8 Å². The number of amides is 3. The van der Waals surface area contributed by atoms with E-state index >= 15 is 0 Å². The highest BCUT2D eigenvalue weighted by atomic mass is 19.4. The van der Waals surface area contributed by atoms with Crippen molar-refractivity contribution in [2.24, 2.45) is 5.92 Å². The summed E-state index contributed by atoms with van der Waals surface area (Å²) in [6.45, 7) is 3.94. The van der Waals surface area contributed by atoms with Gasteiger partial charge >= 0.3 is 12.2 Å². The summed E-state index contributed by atoms with van der Waals surface area (Å²) in [6, 6.07) is 1.85. The first-order chi connectivity index (χ1) is 11.2. The summed E-state index contributed by atoms with van der Waals surface area (Å²) in [5.41, 5.74) is 0.600. The summed E-state index contributed by atoms with van der Waals surface area (Å²) in [5, 5.41) is 6.86. The summed E-state index contributed by atoms with van der Waals surface area (Å²) in [7, 11) is 0. The molecule has 1 aliphatic heterocycles. The molecule has 3 amide bonds. The standard InChI is InChI=1S/C16H20F3N3O2/c1-9-4-3-5-11(8-9)13(16(17,18)19)22-15(24)21-12-10(2)6-7-20-14(12)23/h3-5,8,10,12-13H,6-7H2,1-2H3,(H,20,23)(H2,21,22,24)/t10-,12+,13+/m1/s1. The molecular formula is C16H20F3N3O2. The number of alkyl halides is 3. The van der Waals surface area contributed by atoms with Crippen LogP contribution < -0.4 is 16.0 Å². The third kappa shape index (κ3) is 4.39. The Morgan fingerprint density at radius 1 is 1.38 bits per heavy atom. The van der Waals surface area contributed by atoms with E-state index in [9.17, 15) is 22.8 Å². The molecule has 1 fully saturated rings. The van der Waals surface area contributed by atoms with Crippen molar-refractivity contribution in [2.45, 2.75) is 38.5 Å². The van der Waals surface area contributed by atoms with Gasteiger partial charge in [-0.3, -0.25) is 4.79 Å². The van der Waals surface area contributed by atoms with E-state index in [1.165, 1.54) is 18.2 Å². The molecule has 5 nitrogen and oxygen atoms in total. The van der Waals surface area contributed by atoms with E-state index in [4.69, 9.17) is 0 Å². The first-order valence-corrected chi connectivity index (χ1v) is 7.66. The molecule has 24 heavy (non-hydrogen) atoms. The fraction of sp³-hybridized carbons (Fsp3) is 0.500. The normalized spacial score (nSPS) is 22.5. The second-order valence-corrected chi connectivity index (χ2v) is 6.04. The van der Waals surface area contributed by atoms with Gasteiger partial charge in [0.25, 0.3) is 0 Å². The quantitative estimate of drug-likeness (QED) is 0.789. The van der Waals surface area contributed by atoms with Crippen molar-refractivity contribution in [3.05, 3.63) is 35.4 Å². The highest BCUT2D eigenvalue weighted by molar-refractivity contribution is 5.88. The molecule has 1 aromatic rings. The summed E-state index contributed by atoms with van der Waals surface area (Å²) in [4.78, 5) is 23.8. The number of hydrogen-bond acceptors (Lipinski definition) is 2. The number of halogens is 3. The molecule has 1 saturated heterocycles. The minimum Gasteiger partial charge on any atom is -0.354 e. The maximum absolute atomic E-state index is 13.3. The van der Waals surface area contributed by atoms with Gasteiger partial charge in [-0.15, -0.1) is 0 Å².